The second-order valence-corrected chi connectivity index (χ2v) is 4.67. The van der Waals surface area contributed by atoms with E-state index in [1.54, 1.807) is 24.7 Å². The Labute approximate surface area is 109 Å². The molecule has 6 heteroatoms. The number of pyridine rings is 2. The molecule has 0 aromatic carbocycles. The number of H-pyrrole nitrogens is 2. The lowest BCUT2D eigenvalue weighted by Crippen LogP contribution is -2.10. The van der Waals surface area contributed by atoms with Gasteiger partial charge in [0.05, 0.1) is 22.8 Å². The Balaban J connectivity index is 2.31. The van der Waals surface area contributed by atoms with E-state index in [9.17, 15) is 4.79 Å². The minimum absolute atomic E-state index is 0.149. The van der Waals surface area contributed by atoms with Crippen molar-refractivity contribution in [1.82, 2.24) is 19.9 Å². The minimum atomic E-state index is -0.149. The lowest BCUT2D eigenvalue weighted by molar-refractivity contribution is 1.20. The summed E-state index contributed by atoms with van der Waals surface area (Å²) in [5, 5.41) is 0. The van der Waals surface area contributed by atoms with Crippen molar-refractivity contribution in [3.05, 3.63) is 44.6 Å². The summed E-state index contributed by atoms with van der Waals surface area (Å²) in [7, 11) is 0. The van der Waals surface area contributed by atoms with E-state index in [2.05, 4.69) is 42.5 Å². The number of imidazole rings is 1. The molecule has 0 bridgehead atoms. The summed E-state index contributed by atoms with van der Waals surface area (Å²) in [6, 6.07) is 3.64. The van der Waals surface area contributed by atoms with Crippen LogP contribution in [0.4, 0.5) is 0 Å². The molecule has 0 spiro atoms. The third-order valence-electron chi connectivity index (χ3n) is 2.43. The first kappa shape index (κ1) is 10.5. The first-order chi connectivity index (χ1) is 8.25. The number of hydrogen-bond donors (Lipinski definition) is 2. The van der Waals surface area contributed by atoms with Crippen molar-refractivity contribution in [2.24, 2.45) is 0 Å². The molecule has 5 nitrogen and oxygen atoms in total. The fourth-order valence-corrected chi connectivity index (χ4v) is 2.33. The SMILES string of the molecule is O=c1[nH]ccc(I)c1-c1nc2ccncc2[nH]1. The van der Waals surface area contributed by atoms with Crippen molar-refractivity contribution in [1.29, 1.82) is 0 Å². The fraction of sp³-hybridized carbons (Fsp3) is 0. The average Bonchev–Trinajstić information content (AvgIpc) is 2.71. The molecule has 0 atom stereocenters. The molecule has 0 aliphatic carbocycles. The van der Waals surface area contributed by atoms with E-state index in [-0.39, 0.29) is 5.56 Å². The third-order valence-corrected chi connectivity index (χ3v) is 3.33. The van der Waals surface area contributed by atoms with Crippen molar-refractivity contribution in [3.63, 3.8) is 0 Å². The molecule has 2 N–H and O–H groups in total. The summed E-state index contributed by atoms with van der Waals surface area (Å²) in [6.45, 7) is 0. The van der Waals surface area contributed by atoms with Gasteiger partial charge in [0, 0.05) is 16.0 Å². The first-order valence-electron chi connectivity index (χ1n) is 4.93. The van der Waals surface area contributed by atoms with Crippen molar-refractivity contribution in [2.45, 2.75) is 0 Å². The van der Waals surface area contributed by atoms with Crippen LogP contribution >= 0.6 is 22.6 Å². The molecule has 0 fully saturated rings. The largest absolute Gasteiger partial charge is 0.336 e. The Bertz CT molecular complexity index is 713. The quantitative estimate of drug-likeness (QED) is 0.666. The third kappa shape index (κ3) is 1.74. The van der Waals surface area contributed by atoms with E-state index in [0.717, 1.165) is 14.6 Å². The van der Waals surface area contributed by atoms with Gasteiger partial charge in [-0.2, -0.15) is 0 Å². The van der Waals surface area contributed by atoms with Gasteiger partial charge in [0.1, 0.15) is 5.82 Å². The van der Waals surface area contributed by atoms with E-state index in [0.29, 0.717) is 11.4 Å². The van der Waals surface area contributed by atoms with Crippen LogP contribution in [0.25, 0.3) is 22.4 Å². The molecular weight excluding hydrogens is 331 g/mol. The standard InChI is InChI=1S/C11H7IN4O/c12-6-1-4-14-11(17)9(6)10-15-7-2-3-13-5-8(7)16-10/h1-5H,(H,14,17)(H,15,16). The van der Waals surface area contributed by atoms with Crippen LogP contribution in [-0.2, 0) is 0 Å². The molecule has 3 heterocycles. The lowest BCUT2D eigenvalue weighted by Gasteiger charge is -1.97. The monoisotopic (exact) mass is 338 g/mol. The summed E-state index contributed by atoms with van der Waals surface area (Å²) in [5.74, 6) is 0.569. The molecule has 0 aliphatic heterocycles. The van der Waals surface area contributed by atoms with E-state index >= 15 is 0 Å². The minimum Gasteiger partial charge on any atom is -0.336 e. The van der Waals surface area contributed by atoms with E-state index < -0.39 is 0 Å². The number of halogens is 1. The van der Waals surface area contributed by atoms with Crippen LogP contribution in [0.3, 0.4) is 0 Å². The number of fused-ring (bicyclic) bond motifs is 1. The van der Waals surface area contributed by atoms with Gasteiger partial charge in [0.2, 0.25) is 0 Å². The van der Waals surface area contributed by atoms with Gasteiger partial charge in [-0.05, 0) is 34.7 Å². The van der Waals surface area contributed by atoms with Gasteiger partial charge in [-0.25, -0.2) is 4.98 Å². The van der Waals surface area contributed by atoms with Crippen molar-refractivity contribution in [3.8, 4) is 11.4 Å². The molecule has 84 valence electrons. The Morgan fingerprint density at radius 2 is 2.18 bits per heavy atom. The Kier molecular flexibility index (Phi) is 2.43. The number of aromatic nitrogens is 4. The summed E-state index contributed by atoms with van der Waals surface area (Å²) in [6.07, 6.45) is 4.99. The van der Waals surface area contributed by atoms with Crippen LogP contribution in [0, 0.1) is 3.57 Å². The maximum Gasteiger partial charge on any atom is 0.260 e. The van der Waals surface area contributed by atoms with Crippen molar-refractivity contribution in [2.75, 3.05) is 0 Å². The predicted molar refractivity (Wildman–Crippen MR) is 72.7 cm³/mol. The average molecular weight is 338 g/mol. The molecule has 0 saturated carbocycles. The second-order valence-electron chi connectivity index (χ2n) is 3.51. The first-order valence-corrected chi connectivity index (χ1v) is 6.01. The molecule has 0 saturated heterocycles. The maximum absolute atomic E-state index is 11.8. The van der Waals surface area contributed by atoms with Crippen LogP contribution in [0.5, 0.6) is 0 Å². The zero-order valence-electron chi connectivity index (χ0n) is 8.57. The molecule has 0 aliphatic rings. The summed E-state index contributed by atoms with van der Waals surface area (Å²) >= 11 is 2.12. The normalized spacial score (nSPS) is 10.9. The Morgan fingerprint density at radius 3 is 2.94 bits per heavy atom. The van der Waals surface area contributed by atoms with Gasteiger partial charge >= 0.3 is 0 Å². The predicted octanol–water partition coefficient (Wildman–Crippen LogP) is 1.92. The van der Waals surface area contributed by atoms with Crippen LogP contribution < -0.4 is 5.56 Å². The molecule has 3 aromatic rings. The van der Waals surface area contributed by atoms with Gasteiger partial charge in [0.15, 0.2) is 0 Å². The smallest absolute Gasteiger partial charge is 0.260 e. The van der Waals surface area contributed by atoms with Crippen LogP contribution in [0.2, 0.25) is 0 Å². The number of nitrogens with zero attached hydrogens (tertiary/aromatic N) is 2. The number of nitrogens with one attached hydrogen (secondary N) is 2. The van der Waals surface area contributed by atoms with E-state index in [1.807, 2.05) is 6.07 Å². The molecule has 0 radical (unpaired) electrons. The second kappa shape index (κ2) is 3.95. The highest BCUT2D eigenvalue weighted by Crippen LogP contribution is 2.20. The highest BCUT2D eigenvalue weighted by molar-refractivity contribution is 14.1. The van der Waals surface area contributed by atoms with Gasteiger partial charge in [0.25, 0.3) is 5.56 Å². The zero-order chi connectivity index (χ0) is 11.8. The molecule has 0 unspecified atom stereocenters. The fourth-order valence-electron chi connectivity index (χ4n) is 1.65. The highest BCUT2D eigenvalue weighted by atomic mass is 127. The van der Waals surface area contributed by atoms with Gasteiger partial charge in [-0.15, -0.1) is 0 Å². The van der Waals surface area contributed by atoms with Crippen LogP contribution in [0.15, 0.2) is 35.5 Å². The highest BCUT2D eigenvalue weighted by Gasteiger charge is 2.12. The van der Waals surface area contributed by atoms with Gasteiger partial charge in [-0.3, -0.25) is 9.78 Å². The van der Waals surface area contributed by atoms with Crippen LogP contribution in [0.1, 0.15) is 0 Å². The number of aromatic amines is 2. The molecule has 3 rings (SSSR count). The van der Waals surface area contributed by atoms with E-state index in [4.69, 9.17) is 0 Å². The zero-order valence-corrected chi connectivity index (χ0v) is 10.7. The molecule has 17 heavy (non-hydrogen) atoms. The Morgan fingerprint density at radius 1 is 1.29 bits per heavy atom. The van der Waals surface area contributed by atoms with Gasteiger partial charge < -0.3 is 9.97 Å². The van der Waals surface area contributed by atoms with E-state index in [1.165, 1.54) is 0 Å². The summed E-state index contributed by atoms with van der Waals surface area (Å²) in [5.41, 5.74) is 2.03. The van der Waals surface area contributed by atoms with Crippen molar-refractivity contribution < 1.29 is 0 Å². The number of rotatable bonds is 1. The maximum atomic E-state index is 11.8. The Hall–Kier alpha value is -1.70. The van der Waals surface area contributed by atoms with Gasteiger partial charge in [-0.1, -0.05) is 0 Å². The van der Waals surface area contributed by atoms with Crippen molar-refractivity contribution >= 4 is 33.6 Å². The summed E-state index contributed by atoms with van der Waals surface area (Å²) < 4.78 is 0.860. The number of hydrogen-bond acceptors (Lipinski definition) is 3. The topological polar surface area (TPSA) is 74.4 Å². The summed E-state index contributed by atoms with van der Waals surface area (Å²) in [4.78, 5) is 25.9. The molecule has 3 aromatic heterocycles. The van der Waals surface area contributed by atoms with Crippen LogP contribution in [-0.4, -0.2) is 19.9 Å². The lowest BCUT2D eigenvalue weighted by atomic mass is 10.3. The molecule has 0 amide bonds. The molecular formula is C11H7IN4O.